The standard InChI is InChI=1S/C11H12F3N3/c1-7-16-2-3-17(7)10-5-8(11(12,13)14)4-9(15)6-10/h4-6H,2-3,15H2,1H3. The highest BCUT2D eigenvalue weighted by molar-refractivity contribution is 5.98. The second-order valence-electron chi connectivity index (χ2n) is 3.89. The number of nitrogen functional groups attached to an aromatic ring is 1. The lowest BCUT2D eigenvalue weighted by Crippen LogP contribution is -2.25. The summed E-state index contributed by atoms with van der Waals surface area (Å²) in [6.07, 6.45) is -4.38. The second kappa shape index (κ2) is 3.94. The minimum absolute atomic E-state index is 0.106. The summed E-state index contributed by atoms with van der Waals surface area (Å²) in [6, 6.07) is 3.56. The maximum atomic E-state index is 12.6. The van der Waals surface area contributed by atoms with Gasteiger partial charge >= 0.3 is 6.18 Å². The third kappa shape index (κ3) is 2.35. The van der Waals surface area contributed by atoms with Crippen LogP contribution in [0.3, 0.4) is 0 Å². The highest BCUT2D eigenvalue weighted by atomic mass is 19.4. The largest absolute Gasteiger partial charge is 0.416 e. The van der Waals surface area contributed by atoms with Crippen LogP contribution in [0, 0.1) is 0 Å². The molecule has 2 rings (SSSR count). The van der Waals surface area contributed by atoms with E-state index in [9.17, 15) is 13.2 Å². The van der Waals surface area contributed by atoms with Crippen molar-refractivity contribution >= 4 is 17.2 Å². The Kier molecular flexibility index (Phi) is 2.73. The summed E-state index contributed by atoms with van der Waals surface area (Å²) >= 11 is 0. The van der Waals surface area contributed by atoms with E-state index in [2.05, 4.69) is 4.99 Å². The summed E-state index contributed by atoms with van der Waals surface area (Å²) in [6.45, 7) is 2.96. The Morgan fingerprint density at radius 3 is 2.53 bits per heavy atom. The number of alkyl halides is 3. The molecule has 1 aliphatic heterocycles. The Labute approximate surface area is 96.7 Å². The number of anilines is 2. The Bertz CT molecular complexity index is 466. The molecule has 0 spiro atoms. The average Bonchev–Trinajstić information content (AvgIpc) is 2.62. The lowest BCUT2D eigenvalue weighted by Gasteiger charge is -2.20. The molecule has 0 saturated heterocycles. The van der Waals surface area contributed by atoms with Gasteiger partial charge in [-0.3, -0.25) is 4.99 Å². The van der Waals surface area contributed by atoms with E-state index in [1.54, 1.807) is 11.8 Å². The lowest BCUT2D eigenvalue weighted by atomic mass is 10.1. The van der Waals surface area contributed by atoms with Crippen molar-refractivity contribution in [2.75, 3.05) is 23.7 Å². The summed E-state index contributed by atoms with van der Waals surface area (Å²) in [5, 5.41) is 0. The van der Waals surface area contributed by atoms with Crippen molar-refractivity contribution in [1.82, 2.24) is 0 Å². The molecule has 0 saturated carbocycles. The Balaban J connectivity index is 2.42. The fourth-order valence-corrected chi connectivity index (χ4v) is 1.83. The average molecular weight is 243 g/mol. The first-order valence-electron chi connectivity index (χ1n) is 5.14. The molecule has 0 radical (unpaired) electrons. The SMILES string of the molecule is CC1=NCCN1c1cc(N)cc(C(F)(F)F)c1. The van der Waals surface area contributed by atoms with E-state index in [1.165, 1.54) is 6.07 Å². The van der Waals surface area contributed by atoms with Crippen LogP contribution in [0.4, 0.5) is 24.5 Å². The van der Waals surface area contributed by atoms with Crippen molar-refractivity contribution in [2.24, 2.45) is 4.99 Å². The molecule has 0 amide bonds. The number of amidine groups is 1. The first-order valence-corrected chi connectivity index (χ1v) is 5.14. The van der Waals surface area contributed by atoms with Gasteiger partial charge in [0.1, 0.15) is 5.84 Å². The summed E-state index contributed by atoms with van der Waals surface area (Å²) in [5.74, 6) is 0.712. The molecule has 1 heterocycles. The third-order valence-corrected chi connectivity index (χ3v) is 2.63. The van der Waals surface area contributed by atoms with Gasteiger partial charge in [-0.25, -0.2) is 0 Å². The van der Waals surface area contributed by atoms with Crippen LogP contribution in [-0.2, 0) is 6.18 Å². The maximum absolute atomic E-state index is 12.6. The van der Waals surface area contributed by atoms with E-state index >= 15 is 0 Å². The summed E-state index contributed by atoms with van der Waals surface area (Å²) in [7, 11) is 0. The molecule has 0 aliphatic carbocycles. The molecule has 1 aromatic rings. The molecule has 0 bridgehead atoms. The number of rotatable bonds is 1. The van der Waals surface area contributed by atoms with Crippen molar-refractivity contribution in [3.05, 3.63) is 23.8 Å². The predicted molar refractivity (Wildman–Crippen MR) is 61.2 cm³/mol. The molecule has 1 aliphatic rings. The third-order valence-electron chi connectivity index (χ3n) is 2.63. The maximum Gasteiger partial charge on any atom is 0.416 e. The minimum atomic E-state index is -4.38. The Morgan fingerprint density at radius 2 is 2.00 bits per heavy atom. The van der Waals surface area contributed by atoms with Gasteiger partial charge in [-0.2, -0.15) is 13.2 Å². The van der Waals surface area contributed by atoms with Crippen LogP contribution in [0.25, 0.3) is 0 Å². The van der Waals surface area contributed by atoms with Crippen LogP contribution in [0.2, 0.25) is 0 Å². The number of nitrogens with two attached hydrogens (primary N) is 1. The number of benzene rings is 1. The molecular weight excluding hydrogens is 231 g/mol. The van der Waals surface area contributed by atoms with Crippen molar-refractivity contribution in [1.29, 1.82) is 0 Å². The first-order chi connectivity index (χ1) is 7.88. The lowest BCUT2D eigenvalue weighted by molar-refractivity contribution is -0.137. The fraction of sp³-hybridized carbons (Fsp3) is 0.364. The molecule has 3 nitrogen and oxygen atoms in total. The van der Waals surface area contributed by atoms with Crippen LogP contribution in [0.1, 0.15) is 12.5 Å². The van der Waals surface area contributed by atoms with Crippen LogP contribution in [0.5, 0.6) is 0 Å². The van der Waals surface area contributed by atoms with Gasteiger partial charge in [0.15, 0.2) is 0 Å². The summed E-state index contributed by atoms with van der Waals surface area (Å²) < 4.78 is 37.9. The predicted octanol–water partition coefficient (Wildman–Crippen LogP) is 2.53. The molecule has 6 heteroatoms. The van der Waals surface area contributed by atoms with Gasteiger partial charge in [0.25, 0.3) is 0 Å². The Hall–Kier alpha value is -1.72. The van der Waals surface area contributed by atoms with E-state index in [4.69, 9.17) is 5.73 Å². The highest BCUT2D eigenvalue weighted by Gasteiger charge is 2.31. The van der Waals surface area contributed by atoms with Gasteiger partial charge in [-0.15, -0.1) is 0 Å². The van der Waals surface area contributed by atoms with Crippen molar-refractivity contribution < 1.29 is 13.2 Å². The zero-order valence-corrected chi connectivity index (χ0v) is 9.25. The van der Waals surface area contributed by atoms with E-state index in [-0.39, 0.29) is 5.69 Å². The Morgan fingerprint density at radius 1 is 1.29 bits per heavy atom. The number of aliphatic imine (C=N–C) groups is 1. The summed E-state index contributed by atoms with van der Waals surface area (Å²) in [5.41, 5.74) is 5.32. The molecule has 0 fully saturated rings. The van der Waals surface area contributed by atoms with Gasteiger partial charge in [0, 0.05) is 17.9 Å². The molecule has 17 heavy (non-hydrogen) atoms. The van der Waals surface area contributed by atoms with Gasteiger partial charge in [-0.1, -0.05) is 0 Å². The zero-order valence-electron chi connectivity index (χ0n) is 9.25. The molecule has 0 unspecified atom stereocenters. The molecule has 0 aromatic heterocycles. The van der Waals surface area contributed by atoms with Gasteiger partial charge in [0.05, 0.1) is 12.1 Å². The molecule has 92 valence electrons. The smallest absolute Gasteiger partial charge is 0.399 e. The van der Waals surface area contributed by atoms with Crippen LogP contribution >= 0.6 is 0 Å². The highest BCUT2D eigenvalue weighted by Crippen LogP contribution is 2.34. The van der Waals surface area contributed by atoms with Gasteiger partial charge in [0.2, 0.25) is 0 Å². The van der Waals surface area contributed by atoms with Crippen molar-refractivity contribution in [3.8, 4) is 0 Å². The number of halogens is 3. The molecule has 1 aromatic carbocycles. The fourth-order valence-electron chi connectivity index (χ4n) is 1.83. The van der Waals surface area contributed by atoms with E-state index in [1.807, 2.05) is 0 Å². The van der Waals surface area contributed by atoms with Crippen LogP contribution in [0.15, 0.2) is 23.2 Å². The van der Waals surface area contributed by atoms with Gasteiger partial charge in [-0.05, 0) is 25.1 Å². The zero-order chi connectivity index (χ0) is 12.6. The number of nitrogens with zero attached hydrogens (tertiary/aromatic N) is 2. The molecule has 2 N–H and O–H groups in total. The van der Waals surface area contributed by atoms with Crippen molar-refractivity contribution in [2.45, 2.75) is 13.1 Å². The van der Waals surface area contributed by atoms with Crippen molar-refractivity contribution in [3.63, 3.8) is 0 Å². The summed E-state index contributed by atoms with van der Waals surface area (Å²) in [4.78, 5) is 5.86. The minimum Gasteiger partial charge on any atom is -0.399 e. The number of hydrogen-bond acceptors (Lipinski definition) is 3. The van der Waals surface area contributed by atoms with Crippen LogP contribution in [-0.4, -0.2) is 18.9 Å². The topological polar surface area (TPSA) is 41.6 Å². The van der Waals surface area contributed by atoms with E-state index < -0.39 is 11.7 Å². The van der Waals surface area contributed by atoms with Gasteiger partial charge < -0.3 is 10.6 Å². The molecular formula is C11H12F3N3. The quantitative estimate of drug-likeness (QED) is 0.770. The normalized spacial score (nSPS) is 16.2. The monoisotopic (exact) mass is 243 g/mol. The number of hydrogen-bond donors (Lipinski definition) is 1. The first kappa shape index (κ1) is 11.8. The molecule has 0 atom stereocenters. The van der Waals surface area contributed by atoms with Crippen LogP contribution < -0.4 is 10.6 Å². The van der Waals surface area contributed by atoms with E-state index in [0.717, 1.165) is 12.1 Å². The van der Waals surface area contributed by atoms with E-state index in [0.29, 0.717) is 24.6 Å². The second-order valence-corrected chi connectivity index (χ2v) is 3.89.